The van der Waals surface area contributed by atoms with Gasteiger partial charge in [0.15, 0.2) is 0 Å². The summed E-state index contributed by atoms with van der Waals surface area (Å²) < 4.78 is 0. The number of nitrogens with two attached hydrogens (primary N) is 2. The minimum absolute atomic E-state index is 0.384. The Morgan fingerprint density at radius 2 is 1.89 bits per heavy atom. The van der Waals surface area contributed by atoms with Gasteiger partial charge in [0, 0.05) is 19.1 Å². The third kappa shape index (κ3) is 1.91. The molecule has 0 aromatic rings. The van der Waals surface area contributed by atoms with E-state index in [1.54, 1.807) is 0 Å². The van der Waals surface area contributed by atoms with Crippen LogP contribution >= 0.6 is 0 Å². The van der Waals surface area contributed by atoms with Crippen molar-refractivity contribution in [3.63, 3.8) is 0 Å². The predicted molar refractivity (Wildman–Crippen MR) is 36.1 cm³/mol. The van der Waals surface area contributed by atoms with Gasteiger partial charge in [-0.1, -0.05) is 0 Å². The summed E-state index contributed by atoms with van der Waals surface area (Å²) in [5, 5.41) is 1.98. The molecule has 1 heterocycles. The van der Waals surface area contributed by atoms with E-state index in [0.29, 0.717) is 6.04 Å². The summed E-state index contributed by atoms with van der Waals surface area (Å²) in [6.45, 7) is 1.94. The van der Waals surface area contributed by atoms with Crippen molar-refractivity contribution in [2.75, 3.05) is 13.1 Å². The molecule has 0 aliphatic carbocycles. The molecule has 1 fully saturated rings. The average molecular weight is 130 g/mol. The first kappa shape index (κ1) is 6.95. The second kappa shape index (κ2) is 3.12. The molecule has 0 amide bonds. The van der Waals surface area contributed by atoms with Gasteiger partial charge in [-0.3, -0.25) is 5.84 Å². The van der Waals surface area contributed by atoms with Gasteiger partial charge in [-0.15, -0.1) is 0 Å². The molecule has 0 spiro atoms. The van der Waals surface area contributed by atoms with E-state index >= 15 is 0 Å². The molecule has 5 N–H and O–H groups in total. The summed E-state index contributed by atoms with van der Waals surface area (Å²) in [6, 6.07) is 0.384. The maximum absolute atomic E-state index is 5.66. The molecule has 0 atom stereocenters. The van der Waals surface area contributed by atoms with Gasteiger partial charge in [-0.2, -0.15) is 5.53 Å². The van der Waals surface area contributed by atoms with Crippen molar-refractivity contribution in [2.24, 2.45) is 11.6 Å². The van der Waals surface area contributed by atoms with Crippen molar-refractivity contribution < 1.29 is 0 Å². The van der Waals surface area contributed by atoms with Gasteiger partial charge in [0.2, 0.25) is 0 Å². The van der Waals surface area contributed by atoms with Crippen LogP contribution < -0.4 is 17.1 Å². The molecule has 1 saturated heterocycles. The highest BCUT2D eigenvalue weighted by Gasteiger charge is 2.13. The Morgan fingerprint density at radius 3 is 2.33 bits per heavy atom. The smallest absolute Gasteiger partial charge is 0.0158 e. The van der Waals surface area contributed by atoms with Crippen LogP contribution in [0.1, 0.15) is 12.8 Å². The summed E-state index contributed by atoms with van der Waals surface area (Å²) in [6.07, 6.45) is 2.09. The molecule has 0 saturated carbocycles. The minimum atomic E-state index is 0.384. The van der Waals surface area contributed by atoms with E-state index in [9.17, 15) is 0 Å². The maximum atomic E-state index is 5.66. The molecule has 0 unspecified atom stereocenters. The fourth-order valence-corrected chi connectivity index (χ4v) is 1.03. The van der Waals surface area contributed by atoms with Gasteiger partial charge in [0.1, 0.15) is 0 Å². The van der Waals surface area contributed by atoms with E-state index in [4.69, 9.17) is 11.6 Å². The number of rotatable bonds is 1. The Kier molecular flexibility index (Phi) is 2.41. The largest absolute Gasteiger partial charge is 0.328 e. The Morgan fingerprint density at radius 1 is 1.33 bits per heavy atom. The van der Waals surface area contributed by atoms with Crippen LogP contribution in [0.15, 0.2) is 0 Å². The van der Waals surface area contributed by atoms with E-state index in [1.165, 1.54) is 0 Å². The zero-order valence-electron chi connectivity index (χ0n) is 5.51. The van der Waals surface area contributed by atoms with Gasteiger partial charge in [-0.05, 0) is 12.8 Å². The van der Waals surface area contributed by atoms with Crippen LogP contribution in [-0.2, 0) is 0 Å². The second-order valence-electron chi connectivity index (χ2n) is 2.45. The molecule has 1 rings (SSSR count). The molecule has 9 heavy (non-hydrogen) atoms. The number of piperidine rings is 1. The molecule has 0 aromatic carbocycles. The minimum Gasteiger partial charge on any atom is -0.328 e. The zero-order valence-corrected chi connectivity index (χ0v) is 5.51. The topological polar surface area (TPSA) is 67.3 Å². The standard InChI is InChI=1S/C5H14N4/c6-5-1-3-9(8-7)4-2-5/h5,8H,1-4,6-7H2. The Balaban J connectivity index is 2.18. The summed E-state index contributed by atoms with van der Waals surface area (Å²) >= 11 is 0. The molecule has 0 bridgehead atoms. The average Bonchev–Trinajstić information content (AvgIpc) is 1.90. The van der Waals surface area contributed by atoms with E-state index in [2.05, 4.69) is 5.53 Å². The lowest BCUT2D eigenvalue weighted by atomic mass is 10.1. The molecule has 1 aliphatic rings. The number of nitrogens with one attached hydrogen (secondary N) is 1. The van der Waals surface area contributed by atoms with Crippen molar-refractivity contribution in [3.05, 3.63) is 0 Å². The van der Waals surface area contributed by atoms with Crippen LogP contribution in [-0.4, -0.2) is 24.1 Å². The van der Waals surface area contributed by atoms with Crippen LogP contribution in [0.25, 0.3) is 0 Å². The summed E-state index contributed by atoms with van der Waals surface area (Å²) in [5.74, 6) is 5.18. The van der Waals surface area contributed by atoms with Gasteiger partial charge >= 0.3 is 0 Å². The number of nitrogens with zero attached hydrogens (tertiary/aromatic N) is 1. The lowest BCUT2D eigenvalue weighted by Gasteiger charge is -2.28. The van der Waals surface area contributed by atoms with Gasteiger partial charge < -0.3 is 5.73 Å². The Labute approximate surface area is 55.1 Å². The third-order valence-electron chi connectivity index (χ3n) is 1.72. The first-order valence-corrected chi connectivity index (χ1v) is 3.29. The fourth-order valence-electron chi connectivity index (χ4n) is 1.03. The summed E-state index contributed by atoms with van der Waals surface area (Å²) in [4.78, 5) is 0. The van der Waals surface area contributed by atoms with Crippen LogP contribution in [0.3, 0.4) is 0 Å². The van der Waals surface area contributed by atoms with Crippen molar-refractivity contribution in [1.29, 1.82) is 0 Å². The molecule has 0 aromatic heterocycles. The van der Waals surface area contributed by atoms with Crippen LogP contribution in [0.2, 0.25) is 0 Å². The number of hydrogen-bond donors (Lipinski definition) is 3. The van der Waals surface area contributed by atoms with Crippen LogP contribution in [0.5, 0.6) is 0 Å². The molecule has 1 aliphatic heterocycles. The second-order valence-corrected chi connectivity index (χ2v) is 2.45. The lowest BCUT2D eigenvalue weighted by molar-refractivity contribution is 0.145. The Bertz CT molecular complexity index is 77.0. The van der Waals surface area contributed by atoms with E-state index in [0.717, 1.165) is 25.9 Å². The highest BCUT2D eigenvalue weighted by Crippen LogP contribution is 2.03. The van der Waals surface area contributed by atoms with Crippen molar-refractivity contribution in [1.82, 2.24) is 10.5 Å². The van der Waals surface area contributed by atoms with E-state index in [1.807, 2.05) is 5.01 Å². The summed E-state index contributed by atoms with van der Waals surface area (Å²) in [7, 11) is 0. The normalized spacial score (nSPS) is 24.7. The van der Waals surface area contributed by atoms with E-state index in [-0.39, 0.29) is 0 Å². The lowest BCUT2D eigenvalue weighted by Crippen LogP contribution is -2.49. The van der Waals surface area contributed by atoms with Gasteiger partial charge in [0.05, 0.1) is 0 Å². The first-order chi connectivity index (χ1) is 4.33. The van der Waals surface area contributed by atoms with Crippen molar-refractivity contribution in [2.45, 2.75) is 18.9 Å². The SMILES string of the molecule is NNN1CCC(N)CC1. The highest BCUT2D eigenvalue weighted by atomic mass is 15.6. The maximum Gasteiger partial charge on any atom is 0.0158 e. The van der Waals surface area contributed by atoms with Gasteiger partial charge in [-0.25, -0.2) is 5.01 Å². The monoisotopic (exact) mass is 130 g/mol. The molecular weight excluding hydrogens is 116 g/mol. The third-order valence-corrected chi connectivity index (χ3v) is 1.72. The molecule has 4 heteroatoms. The predicted octanol–water partition coefficient (Wildman–Crippen LogP) is -1.21. The van der Waals surface area contributed by atoms with Crippen LogP contribution in [0.4, 0.5) is 0 Å². The first-order valence-electron chi connectivity index (χ1n) is 3.29. The highest BCUT2D eigenvalue weighted by molar-refractivity contribution is 4.70. The molecular formula is C5H14N4. The molecule has 0 radical (unpaired) electrons. The fraction of sp³-hybridized carbons (Fsp3) is 1.00. The zero-order chi connectivity index (χ0) is 6.69. The Hall–Kier alpha value is -0.160. The van der Waals surface area contributed by atoms with Gasteiger partial charge in [0.25, 0.3) is 0 Å². The van der Waals surface area contributed by atoms with Crippen LogP contribution in [0, 0.1) is 0 Å². The summed E-state index contributed by atoms with van der Waals surface area (Å²) in [5.41, 5.74) is 8.26. The molecule has 54 valence electrons. The van der Waals surface area contributed by atoms with Crippen molar-refractivity contribution in [3.8, 4) is 0 Å². The number of hydrogen-bond acceptors (Lipinski definition) is 4. The quantitative estimate of drug-likeness (QED) is 0.308. The molecule has 4 nitrogen and oxygen atoms in total. The van der Waals surface area contributed by atoms with E-state index < -0.39 is 0 Å². The van der Waals surface area contributed by atoms with Crippen molar-refractivity contribution >= 4 is 0 Å². The number of hydrazine groups is 2.